The van der Waals surface area contributed by atoms with Crippen LogP contribution in [0, 0.1) is 13.8 Å². The second-order valence-electron chi connectivity index (χ2n) is 8.22. The molecule has 0 spiro atoms. The number of carbonyl (C=O) groups is 1. The van der Waals surface area contributed by atoms with Gasteiger partial charge in [-0.1, -0.05) is 29.5 Å². The van der Waals surface area contributed by atoms with Crippen molar-refractivity contribution in [3.63, 3.8) is 0 Å². The van der Waals surface area contributed by atoms with Crippen LogP contribution in [0.15, 0.2) is 60.0 Å². The molecule has 2 aromatic carbocycles. The van der Waals surface area contributed by atoms with Gasteiger partial charge in [-0.3, -0.25) is 9.69 Å². The summed E-state index contributed by atoms with van der Waals surface area (Å²) in [7, 11) is -3.27. The topological polar surface area (TPSA) is 85.2 Å². The van der Waals surface area contributed by atoms with E-state index in [9.17, 15) is 13.2 Å². The number of aromatic nitrogens is 3. The van der Waals surface area contributed by atoms with Gasteiger partial charge in [0.2, 0.25) is 5.91 Å². The van der Waals surface area contributed by atoms with E-state index >= 15 is 0 Å². The number of aryl methyl sites for hydroxylation is 3. The van der Waals surface area contributed by atoms with Crippen LogP contribution in [0.5, 0.6) is 0 Å². The minimum atomic E-state index is -3.27. The highest BCUT2D eigenvalue weighted by molar-refractivity contribution is 7.90. The maximum atomic E-state index is 13.4. The van der Waals surface area contributed by atoms with Gasteiger partial charge in [0.05, 0.1) is 27.9 Å². The Balaban J connectivity index is 1.59. The van der Waals surface area contributed by atoms with E-state index in [0.717, 1.165) is 39.9 Å². The van der Waals surface area contributed by atoms with Crippen LogP contribution in [0.1, 0.15) is 23.1 Å². The van der Waals surface area contributed by atoms with Crippen LogP contribution >= 0.6 is 11.3 Å². The molecule has 172 valence electrons. The van der Waals surface area contributed by atoms with Gasteiger partial charge >= 0.3 is 0 Å². The molecule has 33 heavy (non-hydrogen) atoms. The van der Waals surface area contributed by atoms with Gasteiger partial charge in [0.25, 0.3) is 0 Å². The summed E-state index contributed by atoms with van der Waals surface area (Å²) in [4.78, 5) is 24.2. The average Bonchev–Trinajstić information content (AvgIpc) is 3.40. The lowest BCUT2D eigenvalue weighted by atomic mass is 10.1. The largest absolute Gasteiger partial charge is 0.337 e. The van der Waals surface area contributed by atoms with Crippen LogP contribution in [0.3, 0.4) is 0 Å². The van der Waals surface area contributed by atoms with Crippen LogP contribution in [-0.2, 0) is 27.6 Å². The SMILES string of the molecule is Cc1cc(C)c2sc(N(CCCn3ccnc3)C(=O)Cc3ccc(S(C)(=O)=O)cc3)nc2c1. The van der Waals surface area contributed by atoms with E-state index in [1.54, 1.807) is 41.7 Å². The molecule has 9 heteroatoms. The molecule has 1 amide bonds. The number of nitrogens with zero attached hydrogens (tertiary/aromatic N) is 4. The number of amides is 1. The van der Waals surface area contributed by atoms with Crippen LogP contribution in [0.4, 0.5) is 5.13 Å². The van der Waals surface area contributed by atoms with Crippen molar-refractivity contribution in [2.75, 3.05) is 17.7 Å². The fraction of sp³-hybridized carbons (Fsp3) is 0.292. The van der Waals surface area contributed by atoms with Gasteiger partial charge in [0.1, 0.15) is 0 Å². The Labute approximate surface area is 197 Å². The maximum absolute atomic E-state index is 13.4. The van der Waals surface area contributed by atoms with Crippen molar-refractivity contribution in [1.29, 1.82) is 0 Å². The van der Waals surface area contributed by atoms with Crippen molar-refractivity contribution in [2.24, 2.45) is 0 Å². The fourth-order valence-corrected chi connectivity index (χ4v) is 5.45. The summed E-state index contributed by atoms with van der Waals surface area (Å²) in [6.45, 7) is 5.37. The van der Waals surface area contributed by atoms with Crippen molar-refractivity contribution in [1.82, 2.24) is 14.5 Å². The van der Waals surface area contributed by atoms with Crippen LogP contribution in [-0.4, -0.2) is 41.7 Å². The molecule has 7 nitrogen and oxygen atoms in total. The maximum Gasteiger partial charge on any atom is 0.233 e. The highest BCUT2D eigenvalue weighted by Crippen LogP contribution is 2.32. The number of hydrogen-bond acceptors (Lipinski definition) is 6. The Hall–Kier alpha value is -3.04. The molecular formula is C24H26N4O3S2. The predicted molar refractivity (Wildman–Crippen MR) is 132 cm³/mol. The summed E-state index contributed by atoms with van der Waals surface area (Å²) in [5, 5.41) is 0.682. The molecular weight excluding hydrogens is 456 g/mol. The van der Waals surface area contributed by atoms with E-state index < -0.39 is 9.84 Å². The van der Waals surface area contributed by atoms with Gasteiger partial charge in [-0.25, -0.2) is 18.4 Å². The third kappa shape index (κ3) is 5.48. The zero-order valence-corrected chi connectivity index (χ0v) is 20.5. The molecule has 4 rings (SSSR count). The molecule has 0 aliphatic rings. The number of hydrogen-bond donors (Lipinski definition) is 0. The first-order valence-electron chi connectivity index (χ1n) is 10.6. The number of imidazole rings is 1. The van der Waals surface area contributed by atoms with E-state index in [1.165, 1.54) is 17.6 Å². The first-order valence-corrected chi connectivity index (χ1v) is 13.3. The van der Waals surface area contributed by atoms with Gasteiger partial charge in [-0.2, -0.15) is 0 Å². The Bertz CT molecular complexity index is 1380. The summed E-state index contributed by atoms with van der Waals surface area (Å²) in [6, 6.07) is 10.7. The highest BCUT2D eigenvalue weighted by atomic mass is 32.2. The normalized spacial score (nSPS) is 11.7. The Morgan fingerprint density at radius 2 is 1.91 bits per heavy atom. The number of carbonyl (C=O) groups excluding carboxylic acids is 1. The van der Waals surface area contributed by atoms with Gasteiger partial charge < -0.3 is 4.57 Å². The minimum Gasteiger partial charge on any atom is -0.337 e. The Morgan fingerprint density at radius 1 is 1.15 bits per heavy atom. The quantitative estimate of drug-likeness (QED) is 0.376. The van der Waals surface area contributed by atoms with Crippen molar-refractivity contribution < 1.29 is 13.2 Å². The molecule has 0 bridgehead atoms. The number of benzene rings is 2. The van der Waals surface area contributed by atoms with Crippen LogP contribution in [0.2, 0.25) is 0 Å². The fourth-order valence-electron chi connectivity index (χ4n) is 3.76. The summed E-state index contributed by atoms with van der Waals surface area (Å²) in [5.41, 5.74) is 3.95. The molecule has 2 heterocycles. The molecule has 0 radical (unpaired) electrons. The first-order chi connectivity index (χ1) is 15.7. The monoisotopic (exact) mass is 482 g/mol. The number of rotatable bonds is 8. The molecule has 0 unspecified atom stereocenters. The minimum absolute atomic E-state index is 0.0684. The predicted octanol–water partition coefficient (Wildman–Crippen LogP) is 4.18. The molecule has 0 atom stereocenters. The third-order valence-electron chi connectivity index (χ3n) is 5.40. The second-order valence-corrected chi connectivity index (χ2v) is 11.2. The lowest BCUT2D eigenvalue weighted by molar-refractivity contribution is -0.118. The van der Waals surface area contributed by atoms with Gasteiger partial charge in [0, 0.05) is 31.7 Å². The zero-order chi connectivity index (χ0) is 23.6. The summed E-state index contributed by atoms with van der Waals surface area (Å²) in [5.74, 6) is -0.0684. The summed E-state index contributed by atoms with van der Waals surface area (Å²) in [6.07, 6.45) is 7.50. The molecule has 0 fully saturated rings. The molecule has 0 saturated carbocycles. The Morgan fingerprint density at radius 3 is 2.58 bits per heavy atom. The zero-order valence-electron chi connectivity index (χ0n) is 18.9. The molecule has 2 aromatic heterocycles. The standard InChI is InChI=1S/C24H26N4O3S2/c1-17-13-18(2)23-21(14-17)26-24(32-23)28(11-4-10-27-12-9-25-16-27)22(29)15-19-5-7-20(8-6-19)33(3,30)31/h5-9,12-14,16H,4,10-11,15H2,1-3H3. The number of anilines is 1. The lowest BCUT2D eigenvalue weighted by Gasteiger charge is -2.20. The first kappa shape index (κ1) is 23.1. The van der Waals surface area contributed by atoms with Crippen molar-refractivity contribution in [2.45, 2.75) is 38.1 Å². The second kappa shape index (κ2) is 9.44. The molecule has 0 saturated heterocycles. The number of thiazole rings is 1. The highest BCUT2D eigenvalue weighted by Gasteiger charge is 2.21. The van der Waals surface area contributed by atoms with Gasteiger partial charge in [0.15, 0.2) is 15.0 Å². The third-order valence-corrected chi connectivity index (χ3v) is 7.76. The summed E-state index contributed by atoms with van der Waals surface area (Å²) >= 11 is 1.53. The number of fused-ring (bicyclic) bond motifs is 1. The molecule has 0 aliphatic carbocycles. The lowest BCUT2D eigenvalue weighted by Crippen LogP contribution is -2.33. The van der Waals surface area contributed by atoms with Crippen molar-refractivity contribution >= 4 is 42.4 Å². The molecule has 0 aliphatic heterocycles. The number of sulfone groups is 1. The van der Waals surface area contributed by atoms with Crippen molar-refractivity contribution in [3.05, 3.63) is 71.8 Å². The van der Waals surface area contributed by atoms with E-state index in [0.29, 0.717) is 11.7 Å². The summed E-state index contributed by atoms with van der Waals surface area (Å²) < 4.78 is 26.5. The molecule has 0 N–H and O–H groups in total. The van der Waals surface area contributed by atoms with E-state index in [2.05, 4.69) is 18.0 Å². The Kier molecular flexibility index (Phi) is 6.62. The van der Waals surface area contributed by atoms with E-state index in [4.69, 9.17) is 4.98 Å². The van der Waals surface area contributed by atoms with E-state index in [-0.39, 0.29) is 17.2 Å². The van der Waals surface area contributed by atoms with Crippen LogP contribution < -0.4 is 4.90 Å². The van der Waals surface area contributed by atoms with Crippen LogP contribution in [0.25, 0.3) is 10.2 Å². The van der Waals surface area contributed by atoms with E-state index in [1.807, 2.05) is 23.8 Å². The average molecular weight is 483 g/mol. The van der Waals surface area contributed by atoms with Crippen molar-refractivity contribution in [3.8, 4) is 0 Å². The van der Waals surface area contributed by atoms with Gasteiger partial charge in [-0.15, -0.1) is 0 Å². The molecule has 4 aromatic rings. The van der Waals surface area contributed by atoms with Gasteiger partial charge in [-0.05, 0) is 55.2 Å². The smallest absolute Gasteiger partial charge is 0.233 e.